The predicted molar refractivity (Wildman–Crippen MR) is 74.9 cm³/mol. The first-order valence-corrected chi connectivity index (χ1v) is 6.61. The maximum absolute atomic E-state index is 5.70. The summed E-state index contributed by atoms with van der Waals surface area (Å²) in [5.41, 5.74) is 7.93. The van der Waals surface area contributed by atoms with Gasteiger partial charge in [0, 0.05) is 17.1 Å². The summed E-state index contributed by atoms with van der Waals surface area (Å²) < 4.78 is 5.57. The molecule has 1 aromatic carbocycles. The van der Waals surface area contributed by atoms with Crippen LogP contribution in [0.3, 0.4) is 0 Å². The van der Waals surface area contributed by atoms with Gasteiger partial charge in [0.05, 0.1) is 0 Å². The highest BCUT2D eigenvalue weighted by Crippen LogP contribution is 2.21. The summed E-state index contributed by atoms with van der Waals surface area (Å²) in [5, 5.41) is 5.26. The number of nitrogens with zero attached hydrogens (tertiary/aromatic N) is 1. The van der Waals surface area contributed by atoms with E-state index in [2.05, 4.69) is 27.8 Å². The standard InChI is InChI=1S/C13H13N3OS/c14-9-3-4-12-11(8-9)16-13(17-12)15-6-5-10-2-1-7-18-10/h1-4,7-8H,5-6,14H2,(H,15,16). The lowest BCUT2D eigenvalue weighted by molar-refractivity contribution is 0.614. The van der Waals surface area contributed by atoms with Crippen LogP contribution < -0.4 is 11.1 Å². The Hall–Kier alpha value is -2.01. The van der Waals surface area contributed by atoms with Gasteiger partial charge in [0.15, 0.2) is 5.58 Å². The molecule has 0 saturated heterocycles. The van der Waals surface area contributed by atoms with Crippen LogP contribution in [-0.2, 0) is 6.42 Å². The van der Waals surface area contributed by atoms with Crippen molar-refractivity contribution in [1.82, 2.24) is 4.98 Å². The SMILES string of the molecule is Nc1ccc2oc(NCCc3cccs3)nc2c1. The van der Waals surface area contributed by atoms with Gasteiger partial charge in [0.2, 0.25) is 0 Å². The van der Waals surface area contributed by atoms with Crippen LogP contribution in [0.4, 0.5) is 11.7 Å². The van der Waals surface area contributed by atoms with E-state index in [1.54, 1.807) is 11.3 Å². The second-order valence-corrected chi connectivity index (χ2v) is 5.03. The fourth-order valence-electron chi connectivity index (χ4n) is 1.77. The molecule has 5 heteroatoms. The molecular weight excluding hydrogens is 246 g/mol. The van der Waals surface area contributed by atoms with Crippen LogP contribution >= 0.6 is 11.3 Å². The van der Waals surface area contributed by atoms with Gasteiger partial charge in [-0.2, -0.15) is 4.98 Å². The summed E-state index contributed by atoms with van der Waals surface area (Å²) in [6.07, 6.45) is 0.971. The first kappa shape index (κ1) is 11.1. The average molecular weight is 259 g/mol. The summed E-state index contributed by atoms with van der Waals surface area (Å²) in [6, 6.07) is 10.2. The first-order chi connectivity index (χ1) is 8.81. The van der Waals surface area contributed by atoms with Gasteiger partial charge >= 0.3 is 0 Å². The third-order valence-corrected chi connectivity index (χ3v) is 3.58. The molecule has 0 aliphatic rings. The van der Waals surface area contributed by atoms with Gasteiger partial charge in [-0.3, -0.25) is 0 Å². The Balaban J connectivity index is 1.67. The molecule has 92 valence electrons. The minimum atomic E-state index is 0.548. The van der Waals surface area contributed by atoms with Gasteiger partial charge in [-0.25, -0.2) is 0 Å². The number of hydrogen-bond acceptors (Lipinski definition) is 5. The fraction of sp³-hybridized carbons (Fsp3) is 0.154. The zero-order valence-corrected chi connectivity index (χ0v) is 10.5. The van der Waals surface area contributed by atoms with Gasteiger partial charge in [-0.15, -0.1) is 11.3 Å². The largest absolute Gasteiger partial charge is 0.424 e. The zero-order valence-electron chi connectivity index (χ0n) is 9.72. The topological polar surface area (TPSA) is 64.1 Å². The Morgan fingerprint density at radius 1 is 1.33 bits per heavy atom. The summed E-state index contributed by atoms with van der Waals surface area (Å²) in [5.74, 6) is 0. The summed E-state index contributed by atoms with van der Waals surface area (Å²) in [6.45, 7) is 0.808. The van der Waals surface area contributed by atoms with Gasteiger partial charge in [0.25, 0.3) is 6.01 Å². The molecule has 0 aliphatic carbocycles. The number of anilines is 2. The molecule has 0 radical (unpaired) electrons. The Bertz CT molecular complexity index is 645. The third kappa shape index (κ3) is 2.31. The molecule has 0 fully saturated rings. The molecule has 0 bridgehead atoms. The number of benzene rings is 1. The van der Waals surface area contributed by atoms with Crippen LogP contribution in [0, 0.1) is 0 Å². The van der Waals surface area contributed by atoms with Crippen LogP contribution in [0.15, 0.2) is 40.1 Å². The highest BCUT2D eigenvalue weighted by Gasteiger charge is 2.05. The molecule has 4 nitrogen and oxygen atoms in total. The van der Waals surface area contributed by atoms with Crippen LogP contribution in [0.2, 0.25) is 0 Å². The second-order valence-electron chi connectivity index (χ2n) is 4.00. The molecule has 2 aromatic heterocycles. The smallest absolute Gasteiger partial charge is 0.295 e. The summed E-state index contributed by atoms with van der Waals surface area (Å²) >= 11 is 1.76. The molecule has 0 atom stereocenters. The van der Waals surface area contributed by atoms with Gasteiger partial charge in [-0.1, -0.05) is 6.07 Å². The third-order valence-electron chi connectivity index (χ3n) is 2.64. The molecule has 0 amide bonds. The van der Waals surface area contributed by atoms with Crippen LogP contribution in [-0.4, -0.2) is 11.5 Å². The van der Waals surface area contributed by atoms with Crippen molar-refractivity contribution >= 4 is 34.1 Å². The van der Waals surface area contributed by atoms with Crippen molar-refractivity contribution in [3.05, 3.63) is 40.6 Å². The van der Waals surface area contributed by atoms with E-state index in [1.807, 2.05) is 18.2 Å². The number of fused-ring (bicyclic) bond motifs is 1. The number of hydrogen-bond donors (Lipinski definition) is 2. The van der Waals surface area contributed by atoms with Crippen molar-refractivity contribution in [3.63, 3.8) is 0 Å². The monoisotopic (exact) mass is 259 g/mol. The zero-order chi connectivity index (χ0) is 12.4. The lowest BCUT2D eigenvalue weighted by Crippen LogP contribution is -2.03. The van der Waals surface area contributed by atoms with E-state index in [9.17, 15) is 0 Å². The van der Waals surface area contributed by atoms with E-state index in [0.717, 1.165) is 24.1 Å². The van der Waals surface area contributed by atoms with Crippen LogP contribution in [0.25, 0.3) is 11.1 Å². The molecule has 2 heterocycles. The maximum Gasteiger partial charge on any atom is 0.295 e. The van der Waals surface area contributed by atoms with Crippen LogP contribution in [0.1, 0.15) is 4.88 Å². The lowest BCUT2D eigenvalue weighted by Gasteiger charge is -1.98. The van der Waals surface area contributed by atoms with Crippen molar-refractivity contribution in [2.75, 3.05) is 17.6 Å². The number of nitrogens with two attached hydrogens (primary N) is 1. The minimum absolute atomic E-state index is 0.548. The van der Waals surface area contributed by atoms with Crippen molar-refractivity contribution in [1.29, 1.82) is 0 Å². The Kier molecular flexibility index (Phi) is 2.90. The molecule has 3 N–H and O–H groups in total. The first-order valence-electron chi connectivity index (χ1n) is 5.73. The van der Waals surface area contributed by atoms with E-state index in [4.69, 9.17) is 10.2 Å². The van der Waals surface area contributed by atoms with E-state index in [-0.39, 0.29) is 0 Å². The maximum atomic E-state index is 5.70. The molecule has 0 aliphatic heterocycles. The molecule has 0 saturated carbocycles. The van der Waals surface area contributed by atoms with Crippen LogP contribution in [0.5, 0.6) is 0 Å². The number of rotatable bonds is 4. The van der Waals surface area contributed by atoms with E-state index < -0.39 is 0 Å². The van der Waals surface area contributed by atoms with Crippen molar-refractivity contribution < 1.29 is 4.42 Å². The minimum Gasteiger partial charge on any atom is -0.424 e. The van der Waals surface area contributed by atoms with Crippen molar-refractivity contribution in [3.8, 4) is 0 Å². The molecule has 18 heavy (non-hydrogen) atoms. The number of nitrogens with one attached hydrogen (secondary N) is 1. The van der Waals surface area contributed by atoms with Gasteiger partial charge < -0.3 is 15.5 Å². The van der Waals surface area contributed by atoms with E-state index in [0.29, 0.717) is 11.7 Å². The number of oxazole rings is 1. The molecule has 0 spiro atoms. The molecular formula is C13H13N3OS. The molecule has 0 unspecified atom stereocenters. The number of nitrogen functional groups attached to an aromatic ring is 1. The average Bonchev–Trinajstić information content (AvgIpc) is 2.97. The Morgan fingerprint density at radius 3 is 3.11 bits per heavy atom. The normalized spacial score (nSPS) is 10.9. The summed E-state index contributed by atoms with van der Waals surface area (Å²) in [4.78, 5) is 5.69. The van der Waals surface area contributed by atoms with Crippen molar-refractivity contribution in [2.24, 2.45) is 0 Å². The number of aromatic nitrogens is 1. The predicted octanol–water partition coefficient (Wildman–Crippen LogP) is 3.13. The highest BCUT2D eigenvalue weighted by molar-refractivity contribution is 7.09. The number of thiophene rings is 1. The van der Waals surface area contributed by atoms with E-state index in [1.165, 1.54) is 4.88 Å². The Morgan fingerprint density at radius 2 is 2.28 bits per heavy atom. The Labute approximate surface area is 108 Å². The lowest BCUT2D eigenvalue weighted by atomic mass is 10.3. The highest BCUT2D eigenvalue weighted by atomic mass is 32.1. The fourth-order valence-corrected chi connectivity index (χ4v) is 2.48. The second kappa shape index (κ2) is 4.70. The van der Waals surface area contributed by atoms with Gasteiger partial charge in [-0.05, 0) is 36.1 Å². The van der Waals surface area contributed by atoms with Gasteiger partial charge in [0.1, 0.15) is 5.52 Å². The van der Waals surface area contributed by atoms with Crippen molar-refractivity contribution in [2.45, 2.75) is 6.42 Å². The molecule has 3 rings (SSSR count). The molecule has 3 aromatic rings. The quantitative estimate of drug-likeness (QED) is 0.706. The summed E-state index contributed by atoms with van der Waals surface area (Å²) in [7, 11) is 0. The van der Waals surface area contributed by atoms with E-state index >= 15 is 0 Å².